The SMILES string of the molecule is O=C(C1CCCC1)N1CCC(c2cc(CCOc3cccc(Cl)c3)[nH]n2)C1. The molecule has 1 N–H and O–H groups in total. The van der Waals surface area contributed by atoms with Gasteiger partial charge in [0.25, 0.3) is 0 Å². The molecule has 4 rings (SSSR count). The summed E-state index contributed by atoms with van der Waals surface area (Å²) in [7, 11) is 0. The third-order valence-corrected chi connectivity index (χ3v) is 5.94. The zero-order chi connectivity index (χ0) is 18.6. The molecule has 1 aliphatic heterocycles. The van der Waals surface area contributed by atoms with Gasteiger partial charge in [0.05, 0.1) is 12.3 Å². The van der Waals surface area contributed by atoms with E-state index in [1.807, 2.05) is 24.3 Å². The number of aromatic amines is 1. The van der Waals surface area contributed by atoms with Crippen LogP contribution < -0.4 is 4.74 Å². The number of nitrogens with one attached hydrogen (secondary N) is 1. The Labute approximate surface area is 165 Å². The number of amides is 1. The number of benzene rings is 1. The fourth-order valence-corrected chi connectivity index (χ4v) is 4.37. The van der Waals surface area contributed by atoms with E-state index in [4.69, 9.17) is 16.3 Å². The maximum absolute atomic E-state index is 12.6. The number of H-pyrrole nitrogens is 1. The Morgan fingerprint density at radius 3 is 2.93 bits per heavy atom. The van der Waals surface area contributed by atoms with Crippen molar-refractivity contribution in [3.63, 3.8) is 0 Å². The predicted molar refractivity (Wildman–Crippen MR) is 105 cm³/mol. The van der Waals surface area contributed by atoms with Gasteiger partial charge < -0.3 is 9.64 Å². The summed E-state index contributed by atoms with van der Waals surface area (Å²) >= 11 is 5.97. The molecule has 1 aromatic heterocycles. The van der Waals surface area contributed by atoms with Crippen LogP contribution in [0.5, 0.6) is 5.75 Å². The number of hydrogen-bond acceptors (Lipinski definition) is 3. The summed E-state index contributed by atoms with van der Waals surface area (Å²) in [5, 5.41) is 8.28. The molecule has 1 aromatic carbocycles. The van der Waals surface area contributed by atoms with Gasteiger partial charge in [-0.1, -0.05) is 30.5 Å². The molecular formula is C21H26ClN3O2. The Bertz CT molecular complexity index is 785. The van der Waals surface area contributed by atoms with Crippen LogP contribution in [0.2, 0.25) is 5.02 Å². The number of carbonyl (C=O) groups excluding carboxylic acids is 1. The summed E-state index contributed by atoms with van der Waals surface area (Å²) in [6.07, 6.45) is 6.30. The largest absolute Gasteiger partial charge is 0.493 e. The highest BCUT2D eigenvalue weighted by Gasteiger charge is 2.33. The van der Waals surface area contributed by atoms with Crippen molar-refractivity contribution in [1.29, 1.82) is 0 Å². The molecular weight excluding hydrogens is 362 g/mol. The van der Waals surface area contributed by atoms with Crippen molar-refractivity contribution in [2.45, 2.75) is 44.4 Å². The van der Waals surface area contributed by atoms with Gasteiger partial charge in [-0.3, -0.25) is 9.89 Å². The predicted octanol–water partition coefficient (Wildman–Crippen LogP) is 4.19. The maximum atomic E-state index is 12.6. The van der Waals surface area contributed by atoms with Crippen LogP contribution >= 0.6 is 11.6 Å². The summed E-state index contributed by atoms with van der Waals surface area (Å²) in [5.74, 6) is 1.75. The van der Waals surface area contributed by atoms with Gasteiger partial charge in [0.15, 0.2) is 0 Å². The third kappa shape index (κ3) is 4.46. The number of hydrogen-bond donors (Lipinski definition) is 1. The summed E-state index contributed by atoms with van der Waals surface area (Å²) < 4.78 is 5.75. The highest BCUT2D eigenvalue weighted by molar-refractivity contribution is 6.30. The van der Waals surface area contributed by atoms with Crippen LogP contribution in [-0.2, 0) is 11.2 Å². The lowest BCUT2D eigenvalue weighted by molar-refractivity contribution is -0.134. The average Bonchev–Trinajstić information content (AvgIpc) is 3.42. The maximum Gasteiger partial charge on any atom is 0.225 e. The van der Waals surface area contributed by atoms with Crippen LogP contribution in [-0.4, -0.2) is 40.7 Å². The first-order valence-corrected chi connectivity index (χ1v) is 10.3. The lowest BCUT2D eigenvalue weighted by Crippen LogP contribution is -2.33. The van der Waals surface area contributed by atoms with E-state index in [-0.39, 0.29) is 5.92 Å². The van der Waals surface area contributed by atoms with Crippen LogP contribution in [0.1, 0.15) is 49.4 Å². The number of halogens is 1. The van der Waals surface area contributed by atoms with Crippen molar-refractivity contribution in [2.24, 2.45) is 5.92 Å². The molecule has 27 heavy (non-hydrogen) atoms. The quantitative estimate of drug-likeness (QED) is 0.808. The van der Waals surface area contributed by atoms with Gasteiger partial charge in [-0.2, -0.15) is 5.10 Å². The Morgan fingerprint density at radius 2 is 2.11 bits per heavy atom. The molecule has 2 aliphatic rings. The lowest BCUT2D eigenvalue weighted by Gasteiger charge is -2.20. The first-order chi connectivity index (χ1) is 13.2. The molecule has 0 spiro atoms. The minimum atomic E-state index is 0.266. The number of carbonyl (C=O) groups is 1. The molecule has 0 bridgehead atoms. The highest BCUT2D eigenvalue weighted by Crippen LogP contribution is 2.31. The van der Waals surface area contributed by atoms with Crippen molar-refractivity contribution >= 4 is 17.5 Å². The Kier molecular flexibility index (Phi) is 5.67. The molecule has 2 heterocycles. The minimum absolute atomic E-state index is 0.266. The first-order valence-electron chi connectivity index (χ1n) is 9.90. The Balaban J connectivity index is 1.27. The van der Waals surface area contributed by atoms with Crippen molar-refractivity contribution in [3.8, 4) is 5.75 Å². The molecule has 2 aromatic rings. The standard InChI is InChI=1S/C21H26ClN3O2/c22-17-6-3-7-19(12-17)27-11-9-18-13-20(24-23-18)16-8-10-25(14-16)21(26)15-4-1-2-5-15/h3,6-7,12-13,15-16H,1-2,4-5,8-11,14H2,(H,23,24). The zero-order valence-corrected chi connectivity index (χ0v) is 16.3. The molecule has 1 atom stereocenters. The van der Waals surface area contributed by atoms with Crippen LogP contribution in [0.25, 0.3) is 0 Å². The molecule has 1 unspecified atom stereocenters. The van der Waals surface area contributed by atoms with Gasteiger partial charge >= 0.3 is 0 Å². The molecule has 144 valence electrons. The minimum Gasteiger partial charge on any atom is -0.493 e. The van der Waals surface area contributed by atoms with E-state index in [0.29, 0.717) is 23.5 Å². The molecule has 0 radical (unpaired) electrons. The van der Waals surface area contributed by atoms with E-state index in [1.165, 1.54) is 12.8 Å². The number of aromatic nitrogens is 2. The summed E-state index contributed by atoms with van der Waals surface area (Å²) in [6, 6.07) is 9.55. The monoisotopic (exact) mass is 387 g/mol. The van der Waals surface area contributed by atoms with Crippen LogP contribution in [0.15, 0.2) is 30.3 Å². The van der Waals surface area contributed by atoms with Gasteiger partial charge in [0.2, 0.25) is 5.91 Å². The van der Waals surface area contributed by atoms with Gasteiger partial charge in [-0.05, 0) is 43.5 Å². The molecule has 2 fully saturated rings. The molecule has 1 saturated carbocycles. The summed E-state index contributed by atoms with van der Waals surface area (Å²) in [4.78, 5) is 14.7. The fraction of sp³-hybridized carbons (Fsp3) is 0.524. The van der Waals surface area contributed by atoms with Gasteiger partial charge in [-0.25, -0.2) is 0 Å². The van der Waals surface area contributed by atoms with E-state index in [0.717, 1.165) is 55.9 Å². The van der Waals surface area contributed by atoms with Gasteiger partial charge in [-0.15, -0.1) is 0 Å². The summed E-state index contributed by atoms with van der Waals surface area (Å²) in [6.45, 7) is 2.23. The number of rotatable bonds is 6. The molecule has 1 amide bonds. The van der Waals surface area contributed by atoms with E-state index < -0.39 is 0 Å². The molecule has 1 saturated heterocycles. The highest BCUT2D eigenvalue weighted by atomic mass is 35.5. The van der Waals surface area contributed by atoms with Gasteiger partial charge in [0, 0.05) is 42.1 Å². The van der Waals surface area contributed by atoms with Crippen molar-refractivity contribution in [3.05, 3.63) is 46.7 Å². The first kappa shape index (κ1) is 18.4. The second kappa shape index (κ2) is 8.34. The molecule has 6 heteroatoms. The van der Waals surface area contributed by atoms with Gasteiger partial charge in [0.1, 0.15) is 5.75 Å². The zero-order valence-electron chi connectivity index (χ0n) is 15.5. The topological polar surface area (TPSA) is 58.2 Å². The fourth-order valence-electron chi connectivity index (χ4n) is 4.19. The third-order valence-electron chi connectivity index (χ3n) is 5.71. The Morgan fingerprint density at radius 1 is 1.26 bits per heavy atom. The summed E-state index contributed by atoms with van der Waals surface area (Å²) in [5.41, 5.74) is 2.13. The van der Waals surface area contributed by atoms with E-state index >= 15 is 0 Å². The van der Waals surface area contributed by atoms with E-state index in [9.17, 15) is 4.79 Å². The van der Waals surface area contributed by atoms with E-state index in [2.05, 4.69) is 21.2 Å². The van der Waals surface area contributed by atoms with Crippen LogP contribution in [0.3, 0.4) is 0 Å². The average molecular weight is 388 g/mol. The molecule has 1 aliphatic carbocycles. The van der Waals surface area contributed by atoms with Crippen molar-refractivity contribution < 1.29 is 9.53 Å². The number of likely N-dealkylation sites (tertiary alicyclic amines) is 1. The number of ether oxygens (including phenoxy) is 1. The normalized spacial score (nSPS) is 20.3. The second-order valence-corrected chi connectivity index (χ2v) is 8.06. The lowest BCUT2D eigenvalue weighted by atomic mass is 10.0. The van der Waals surface area contributed by atoms with Crippen molar-refractivity contribution in [1.82, 2.24) is 15.1 Å². The van der Waals surface area contributed by atoms with Crippen molar-refractivity contribution in [2.75, 3.05) is 19.7 Å². The van der Waals surface area contributed by atoms with E-state index in [1.54, 1.807) is 0 Å². The second-order valence-electron chi connectivity index (χ2n) is 7.63. The smallest absolute Gasteiger partial charge is 0.225 e. The number of nitrogens with zero attached hydrogens (tertiary/aromatic N) is 2. The Hall–Kier alpha value is -2.01. The van der Waals surface area contributed by atoms with Crippen LogP contribution in [0, 0.1) is 5.92 Å². The van der Waals surface area contributed by atoms with Crippen LogP contribution in [0.4, 0.5) is 0 Å². The molecule has 5 nitrogen and oxygen atoms in total.